The van der Waals surface area contributed by atoms with Gasteiger partial charge in [-0.2, -0.15) is 0 Å². The number of aromatic nitrogens is 3. The average molecular weight is 787 g/mol. The van der Waals surface area contributed by atoms with Crippen molar-refractivity contribution in [2.75, 3.05) is 19.8 Å². The van der Waals surface area contributed by atoms with Gasteiger partial charge in [0.15, 0.2) is 0 Å². The summed E-state index contributed by atoms with van der Waals surface area (Å²) in [7, 11) is 0. The maximum atomic E-state index is 5.42. The smallest absolute Gasteiger partial charge is 0.513 e. The second kappa shape index (κ2) is 20.2. The minimum absolute atomic E-state index is 0. The van der Waals surface area contributed by atoms with Crippen LogP contribution in [0, 0.1) is 18.2 Å². The zero-order valence-electron chi connectivity index (χ0n) is 26.1. The van der Waals surface area contributed by atoms with Gasteiger partial charge in [0.1, 0.15) is 0 Å². The van der Waals surface area contributed by atoms with Crippen LogP contribution in [-0.2, 0) is 20.1 Å². The van der Waals surface area contributed by atoms with Gasteiger partial charge in [-0.1, -0.05) is 36.4 Å². The van der Waals surface area contributed by atoms with E-state index in [9.17, 15) is 0 Å². The fourth-order valence-corrected chi connectivity index (χ4v) is 4.12. The Balaban J connectivity index is 0.000000186. The normalized spacial score (nSPS) is 9.72. The Morgan fingerprint density at radius 1 is 0.457 bits per heavy atom. The molecular formula is C39H36IrN3O3. The molecule has 0 aliphatic rings. The summed E-state index contributed by atoms with van der Waals surface area (Å²) < 4.78 is 16.3. The van der Waals surface area contributed by atoms with E-state index in [0.717, 1.165) is 51.0 Å². The number of hydrogen-bond donors (Lipinski definition) is 0. The summed E-state index contributed by atoms with van der Waals surface area (Å²) in [4.78, 5) is 12.8. The number of rotatable bonds is 9. The van der Waals surface area contributed by atoms with E-state index < -0.39 is 0 Å². The van der Waals surface area contributed by atoms with Crippen LogP contribution in [-0.4, -0.2) is 34.8 Å². The third-order valence-electron chi connectivity index (χ3n) is 6.07. The first kappa shape index (κ1) is 35.6. The largest absolute Gasteiger partial charge is 3.00 e. The summed E-state index contributed by atoms with van der Waals surface area (Å²) in [5.41, 5.74) is 5.63. The Labute approximate surface area is 285 Å². The quantitative estimate of drug-likeness (QED) is 0.137. The van der Waals surface area contributed by atoms with Gasteiger partial charge in [-0.15, -0.1) is 89.5 Å². The summed E-state index contributed by atoms with van der Waals surface area (Å²) >= 11 is 0. The van der Waals surface area contributed by atoms with Crippen molar-refractivity contribution >= 4 is 0 Å². The Morgan fingerprint density at radius 2 is 0.761 bits per heavy atom. The van der Waals surface area contributed by atoms with Crippen LogP contribution in [0.3, 0.4) is 0 Å². The molecule has 7 heteroatoms. The van der Waals surface area contributed by atoms with Crippen molar-refractivity contribution in [3.05, 3.63) is 146 Å². The maximum Gasteiger partial charge on any atom is 3.00 e. The molecule has 0 saturated heterocycles. The Bertz CT molecular complexity index is 1490. The predicted octanol–water partition coefficient (Wildman–Crippen LogP) is 8.84. The third kappa shape index (κ3) is 11.6. The summed E-state index contributed by atoms with van der Waals surface area (Å²) in [5, 5.41) is 0. The molecule has 0 amide bonds. The summed E-state index contributed by atoms with van der Waals surface area (Å²) in [5.74, 6) is 2.57. The van der Waals surface area contributed by atoms with Crippen molar-refractivity contribution in [3.8, 4) is 51.0 Å². The van der Waals surface area contributed by atoms with E-state index >= 15 is 0 Å². The molecule has 3 aromatic heterocycles. The number of hydrogen-bond acceptors (Lipinski definition) is 6. The molecule has 0 atom stereocenters. The SMILES string of the molecule is CCOc1cc[c-]c(-c2ccccn2)c1.CCOc1cc[c-]c(-c2ccccn2)c1.CCOc1cc[c-]c(-c2ccccn2)c1.[Ir+3]. The molecule has 0 aliphatic carbocycles. The molecular weight excluding hydrogens is 751 g/mol. The van der Waals surface area contributed by atoms with Crippen LogP contribution >= 0.6 is 0 Å². The molecule has 0 unspecified atom stereocenters. The van der Waals surface area contributed by atoms with E-state index in [0.29, 0.717) is 19.8 Å². The molecule has 3 heterocycles. The van der Waals surface area contributed by atoms with E-state index in [4.69, 9.17) is 14.2 Å². The predicted molar refractivity (Wildman–Crippen MR) is 179 cm³/mol. The standard InChI is InChI=1S/3C13H12NO.Ir/c3*1-2-15-12-7-5-6-11(10-12)13-8-3-4-9-14-13;/h3*3-5,7-10H,2H2,1H3;/q3*-1;+3. The van der Waals surface area contributed by atoms with Crippen LogP contribution < -0.4 is 14.2 Å². The first-order valence-electron chi connectivity index (χ1n) is 14.9. The summed E-state index contributed by atoms with van der Waals surface area (Å²) in [6.45, 7) is 7.93. The van der Waals surface area contributed by atoms with Crippen molar-refractivity contribution in [1.82, 2.24) is 15.0 Å². The maximum absolute atomic E-state index is 5.42. The van der Waals surface area contributed by atoms with Gasteiger partial charge in [0.05, 0.1) is 19.8 Å². The Hall–Kier alpha value is -4.84. The zero-order chi connectivity index (χ0) is 31.5. The van der Waals surface area contributed by atoms with Gasteiger partial charge in [0.2, 0.25) is 0 Å². The third-order valence-corrected chi connectivity index (χ3v) is 6.07. The molecule has 0 aliphatic heterocycles. The van der Waals surface area contributed by atoms with Crippen LogP contribution in [0.15, 0.2) is 128 Å². The first-order chi connectivity index (χ1) is 22.2. The Morgan fingerprint density at radius 3 is 1.00 bits per heavy atom. The van der Waals surface area contributed by atoms with Crippen LogP contribution in [0.1, 0.15) is 20.8 Å². The van der Waals surface area contributed by atoms with E-state index in [-0.39, 0.29) is 20.1 Å². The second-order valence-electron chi connectivity index (χ2n) is 9.26. The number of benzene rings is 3. The number of ether oxygens (including phenoxy) is 3. The number of pyridine rings is 3. The molecule has 6 rings (SSSR count). The van der Waals surface area contributed by atoms with E-state index in [1.54, 1.807) is 18.6 Å². The summed E-state index contributed by atoms with van der Waals surface area (Å²) in [6.07, 6.45) is 5.32. The van der Waals surface area contributed by atoms with E-state index in [1.165, 1.54) is 0 Å². The van der Waals surface area contributed by atoms with Crippen LogP contribution in [0.25, 0.3) is 33.8 Å². The molecule has 6 aromatic rings. The first-order valence-corrected chi connectivity index (χ1v) is 14.9. The van der Waals surface area contributed by atoms with E-state index in [1.807, 2.05) is 130 Å². The molecule has 0 N–H and O–H groups in total. The van der Waals surface area contributed by atoms with Gasteiger partial charge >= 0.3 is 20.1 Å². The van der Waals surface area contributed by atoms with Gasteiger partial charge in [0, 0.05) is 35.8 Å². The minimum atomic E-state index is 0. The Kier molecular flexibility index (Phi) is 15.7. The van der Waals surface area contributed by atoms with Crippen molar-refractivity contribution in [2.45, 2.75) is 20.8 Å². The van der Waals surface area contributed by atoms with Gasteiger partial charge < -0.3 is 29.2 Å². The van der Waals surface area contributed by atoms with E-state index in [2.05, 4.69) is 33.2 Å². The molecule has 46 heavy (non-hydrogen) atoms. The van der Waals surface area contributed by atoms with Crippen LogP contribution in [0.2, 0.25) is 0 Å². The molecule has 3 aromatic carbocycles. The number of nitrogens with zero attached hydrogens (tertiary/aromatic N) is 3. The average Bonchev–Trinajstić information content (AvgIpc) is 3.11. The fraction of sp³-hybridized carbons (Fsp3) is 0.154. The van der Waals surface area contributed by atoms with Crippen LogP contribution in [0.4, 0.5) is 0 Å². The molecule has 234 valence electrons. The van der Waals surface area contributed by atoms with Crippen molar-refractivity contribution in [1.29, 1.82) is 0 Å². The van der Waals surface area contributed by atoms with Gasteiger partial charge in [-0.3, -0.25) is 0 Å². The topological polar surface area (TPSA) is 66.4 Å². The summed E-state index contributed by atoms with van der Waals surface area (Å²) in [6, 6.07) is 44.0. The molecule has 0 saturated carbocycles. The second-order valence-corrected chi connectivity index (χ2v) is 9.26. The molecule has 6 nitrogen and oxygen atoms in total. The monoisotopic (exact) mass is 787 g/mol. The van der Waals surface area contributed by atoms with Gasteiger partial charge in [-0.05, 0) is 56.1 Å². The van der Waals surface area contributed by atoms with Crippen molar-refractivity contribution < 1.29 is 34.3 Å². The fourth-order valence-electron chi connectivity index (χ4n) is 4.12. The molecule has 0 bridgehead atoms. The van der Waals surface area contributed by atoms with Crippen molar-refractivity contribution in [2.24, 2.45) is 0 Å². The minimum Gasteiger partial charge on any atom is -0.513 e. The molecule has 0 fully saturated rings. The molecule has 0 spiro atoms. The van der Waals surface area contributed by atoms with Crippen molar-refractivity contribution in [3.63, 3.8) is 0 Å². The van der Waals surface area contributed by atoms with Gasteiger partial charge in [0.25, 0.3) is 0 Å². The molecule has 0 radical (unpaired) electrons. The van der Waals surface area contributed by atoms with Crippen LogP contribution in [0.5, 0.6) is 17.2 Å². The zero-order valence-corrected chi connectivity index (χ0v) is 28.5. The van der Waals surface area contributed by atoms with Gasteiger partial charge in [-0.25, -0.2) is 0 Å².